The molecule has 0 aliphatic carbocycles. The van der Waals surface area contributed by atoms with Crippen LogP contribution < -0.4 is 9.44 Å². The zero-order valence-electron chi connectivity index (χ0n) is 8.56. The van der Waals surface area contributed by atoms with E-state index in [-0.39, 0.29) is 12.5 Å². The zero-order valence-corrected chi connectivity index (χ0v) is 9.37. The van der Waals surface area contributed by atoms with Gasteiger partial charge in [-0.2, -0.15) is 18.4 Å². The smallest absolute Gasteiger partial charge is 0.202 e. The number of hydrogen-bond donors (Lipinski definition) is 3. The maximum atomic E-state index is 11.3. The largest absolute Gasteiger partial charge is 0.277 e. The van der Waals surface area contributed by atoms with E-state index in [1.54, 1.807) is 0 Å². The second-order valence-corrected chi connectivity index (χ2v) is 4.98. The molecule has 1 aromatic heterocycles. The second-order valence-electron chi connectivity index (χ2n) is 3.39. The Labute approximate surface area is 88.0 Å². The van der Waals surface area contributed by atoms with Crippen LogP contribution in [-0.4, -0.2) is 35.6 Å². The van der Waals surface area contributed by atoms with E-state index in [2.05, 4.69) is 30.1 Å². The lowest BCUT2D eigenvalue weighted by Gasteiger charge is -2.08. The van der Waals surface area contributed by atoms with Gasteiger partial charge in [-0.05, 0) is 5.92 Å². The van der Waals surface area contributed by atoms with Crippen molar-refractivity contribution in [2.24, 2.45) is 5.92 Å². The Hall–Kier alpha value is -1.06. The Morgan fingerprint density at radius 3 is 2.67 bits per heavy atom. The van der Waals surface area contributed by atoms with Crippen LogP contribution >= 0.6 is 0 Å². The van der Waals surface area contributed by atoms with Gasteiger partial charge in [0.15, 0.2) is 5.82 Å². The third-order valence-electron chi connectivity index (χ3n) is 1.49. The van der Waals surface area contributed by atoms with Gasteiger partial charge in [0.25, 0.3) is 10.2 Å². The van der Waals surface area contributed by atoms with Crippen LogP contribution in [0.2, 0.25) is 0 Å². The van der Waals surface area contributed by atoms with Crippen molar-refractivity contribution in [2.45, 2.75) is 20.4 Å². The Bertz CT molecular complexity index is 372. The number of aromatic amines is 1. The summed E-state index contributed by atoms with van der Waals surface area (Å²) in [6.45, 7) is 4.24. The molecule has 1 rings (SSSR count). The van der Waals surface area contributed by atoms with Crippen molar-refractivity contribution in [3.63, 3.8) is 0 Å². The van der Waals surface area contributed by atoms with Crippen molar-refractivity contribution in [3.05, 3.63) is 5.82 Å². The Morgan fingerprint density at radius 1 is 1.40 bits per heavy atom. The minimum Gasteiger partial charge on any atom is -0.202 e. The third-order valence-corrected chi connectivity index (χ3v) is 2.56. The summed E-state index contributed by atoms with van der Waals surface area (Å²) < 4.78 is 27.3. The minimum atomic E-state index is -3.47. The monoisotopic (exact) mass is 234 g/mol. The number of nitrogens with zero attached hydrogens (tertiary/aromatic N) is 3. The molecule has 0 amide bonds. The number of rotatable bonds is 6. The first kappa shape index (κ1) is 12.0. The predicted octanol–water partition coefficient (Wildman–Crippen LogP) is -1.22. The molecule has 0 radical (unpaired) electrons. The maximum Gasteiger partial charge on any atom is 0.277 e. The molecule has 0 aromatic carbocycles. The van der Waals surface area contributed by atoms with Crippen molar-refractivity contribution >= 4 is 10.2 Å². The molecule has 86 valence electrons. The SMILES string of the molecule is CC(C)CNS(=O)(=O)NCc1nn[nH]n1. The number of hydrogen-bond acceptors (Lipinski definition) is 5. The van der Waals surface area contributed by atoms with Crippen LogP contribution in [0.3, 0.4) is 0 Å². The summed E-state index contributed by atoms with van der Waals surface area (Å²) in [5.41, 5.74) is 0. The molecule has 0 fully saturated rings. The fourth-order valence-electron chi connectivity index (χ4n) is 0.744. The van der Waals surface area contributed by atoms with Gasteiger partial charge in [0, 0.05) is 6.54 Å². The summed E-state index contributed by atoms with van der Waals surface area (Å²) in [6, 6.07) is 0. The van der Waals surface area contributed by atoms with E-state index in [0.29, 0.717) is 12.4 Å². The third kappa shape index (κ3) is 4.81. The van der Waals surface area contributed by atoms with Crippen LogP contribution in [0, 0.1) is 5.92 Å². The van der Waals surface area contributed by atoms with Gasteiger partial charge in [-0.15, -0.1) is 10.2 Å². The van der Waals surface area contributed by atoms with Crippen LogP contribution in [0.1, 0.15) is 19.7 Å². The first-order valence-corrected chi connectivity index (χ1v) is 5.94. The molecule has 0 saturated carbocycles. The Balaban J connectivity index is 2.37. The van der Waals surface area contributed by atoms with E-state index in [1.165, 1.54) is 0 Å². The highest BCUT2D eigenvalue weighted by atomic mass is 32.2. The topological polar surface area (TPSA) is 113 Å². The lowest BCUT2D eigenvalue weighted by atomic mass is 10.2. The molecule has 0 aliphatic rings. The number of nitrogens with one attached hydrogen (secondary N) is 3. The van der Waals surface area contributed by atoms with Gasteiger partial charge in [0.05, 0.1) is 6.54 Å². The zero-order chi connectivity index (χ0) is 11.3. The fourth-order valence-corrected chi connectivity index (χ4v) is 1.72. The van der Waals surface area contributed by atoms with Crippen LogP contribution in [0.25, 0.3) is 0 Å². The fraction of sp³-hybridized carbons (Fsp3) is 0.833. The van der Waals surface area contributed by atoms with Gasteiger partial charge in [0.1, 0.15) is 0 Å². The predicted molar refractivity (Wildman–Crippen MR) is 52.8 cm³/mol. The molecular weight excluding hydrogens is 220 g/mol. The average molecular weight is 234 g/mol. The second kappa shape index (κ2) is 5.14. The number of tetrazole rings is 1. The molecule has 0 atom stereocenters. The molecule has 0 unspecified atom stereocenters. The van der Waals surface area contributed by atoms with Gasteiger partial charge < -0.3 is 0 Å². The molecule has 8 nitrogen and oxygen atoms in total. The van der Waals surface area contributed by atoms with Gasteiger partial charge in [-0.25, -0.2) is 4.72 Å². The summed E-state index contributed by atoms with van der Waals surface area (Å²) >= 11 is 0. The van der Waals surface area contributed by atoms with Gasteiger partial charge >= 0.3 is 0 Å². The van der Waals surface area contributed by atoms with Crippen LogP contribution in [0.15, 0.2) is 0 Å². The van der Waals surface area contributed by atoms with Gasteiger partial charge in [-0.3, -0.25) is 0 Å². The van der Waals surface area contributed by atoms with Crippen LogP contribution in [0.5, 0.6) is 0 Å². The molecule has 3 N–H and O–H groups in total. The summed E-state index contributed by atoms with van der Waals surface area (Å²) in [4.78, 5) is 0. The van der Waals surface area contributed by atoms with Crippen molar-refractivity contribution in [2.75, 3.05) is 6.54 Å². The summed E-state index contributed by atoms with van der Waals surface area (Å²) in [5.74, 6) is 0.552. The van der Waals surface area contributed by atoms with E-state index >= 15 is 0 Å². The summed E-state index contributed by atoms with van der Waals surface area (Å²) in [5, 5.41) is 12.8. The maximum absolute atomic E-state index is 11.3. The molecule has 0 bridgehead atoms. The molecule has 0 saturated heterocycles. The van der Waals surface area contributed by atoms with Crippen molar-refractivity contribution in [1.82, 2.24) is 30.1 Å². The lowest BCUT2D eigenvalue weighted by molar-refractivity contribution is 0.545. The molecule has 0 aliphatic heterocycles. The van der Waals surface area contributed by atoms with E-state index in [0.717, 1.165) is 0 Å². The molecule has 1 aromatic rings. The highest BCUT2D eigenvalue weighted by molar-refractivity contribution is 7.87. The standard InChI is InChI=1S/C6H14N6O2S/c1-5(2)3-7-15(13,14)8-4-6-9-11-12-10-6/h5,7-8H,3-4H2,1-2H3,(H,9,10,11,12). The van der Waals surface area contributed by atoms with E-state index in [1.807, 2.05) is 13.8 Å². The average Bonchev–Trinajstić information content (AvgIpc) is 2.65. The lowest BCUT2D eigenvalue weighted by Crippen LogP contribution is -2.38. The molecule has 1 heterocycles. The van der Waals surface area contributed by atoms with Crippen LogP contribution in [0.4, 0.5) is 0 Å². The van der Waals surface area contributed by atoms with Crippen LogP contribution in [-0.2, 0) is 16.8 Å². The van der Waals surface area contributed by atoms with Crippen molar-refractivity contribution < 1.29 is 8.42 Å². The molecule has 15 heavy (non-hydrogen) atoms. The Kier molecular flexibility index (Phi) is 4.12. The number of aromatic nitrogens is 4. The molecular formula is C6H14N6O2S. The summed E-state index contributed by atoms with van der Waals surface area (Å²) in [6.07, 6.45) is 0. The Morgan fingerprint density at radius 2 is 2.13 bits per heavy atom. The normalized spacial score (nSPS) is 12.2. The number of H-pyrrole nitrogens is 1. The minimum absolute atomic E-state index is 0.0178. The summed E-state index contributed by atoms with van der Waals surface area (Å²) in [7, 11) is -3.47. The van der Waals surface area contributed by atoms with E-state index in [9.17, 15) is 8.42 Å². The first-order chi connectivity index (χ1) is 6.99. The van der Waals surface area contributed by atoms with E-state index in [4.69, 9.17) is 0 Å². The van der Waals surface area contributed by atoms with Crippen molar-refractivity contribution in [3.8, 4) is 0 Å². The van der Waals surface area contributed by atoms with Gasteiger partial charge in [0.2, 0.25) is 0 Å². The van der Waals surface area contributed by atoms with Gasteiger partial charge in [-0.1, -0.05) is 19.1 Å². The highest BCUT2D eigenvalue weighted by Crippen LogP contribution is 1.90. The molecule has 9 heteroatoms. The first-order valence-electron chi connectivity index (χ1n) is 4.46. The molecule has 0 spiro atoms. The quantitative estimate of drug-likeness (QED) is 0.571. The highest BCUT2D eigenvalue weighted by Gasteiger charge is 2.10. The van der Waals surface area contributed by atoms with Crippen molar-refractivity contribution in [1.29, 1.82) is 0 Å². The van der Waals surface area contributed by atoms with E-state index < -0.39 is 10.2 Å².